The number of para-hydroxylation sites is 1. The minimum Gasteiger partial charge on any atom is -0.361 e. The predicted octanol–water partition coefficient (Wildman–Crippen LogP) is 3.77. The quantitative estimate of drug-likeness (QED) is 0.684. The topological polar surface area (TPSA) is 48.1 Å². The Hall–Kier alpha value is -2.80. The van der Waals surface area contributed by atoms with Gasteiger partial charge in [0.1, 0.15) is 0 Å². The Morgan fingerprint density at radius 2 is 1.83 bits per heavy atom. The maximum Gasteiger partial charge on any atom is 0.416 e. The fraction of sp³-hybridized carbons (Fsp3) is 0.318. The number of aromatic nitrogens is 1. The highest BCUT2D eigenvalue weighted by atomic mass is 19.4. The monoisotopic (exact) mass is 401 g/mol. The molecule has 152 valence electrons. The number of benzene rings is 2. The Morgan fingerprint density at radius 1 is 1.07 bits per heavy atom. The summed E-state index contributed by atoms with van der Waals surface area (Å²) in [6.45, 7) is 1.80. The number of rotatable bonds is 5. The molecule has 0 bridgehead atoms. The van der Waals surface area contributed by atoms with Crippen molar-refractivity contribution in [1.29, 1.82) is 0 Å². The van der Waals surface area contributed by atoms with E-state index in [2.05, 4.69) is 10.3 Å². The van der Waals surface area contributed by atoms with Crippen molar-refractivity contribution in [2.45, 2.75) is 25.1 Å². The Balaban J connectivity index is 1.38. The lowest BCUT2D eigenvalue weighted by Gasteiger charge is -2.33. The zero-order valence-electron chi connectivity index (χ0n) is 15.8. The molecule has 1 aliphatic heterocycles. The average Bonchev–Trinajstić information content (AvgIpc) is 3.11. The summed E-state index contributed by atoms with van der Waals surface area (Å²) in [4.78, 5) is 17.9. The van der Waals surface area contributed by atoms with E-state index < -0.39 is 11.7 Å². The number of carbonyl (C=O) groups excluding carboxylic acids is 1. The summed E-state index contributed by atoms with van der Waals surface area (Å²) in [6, 6.07) is 12.8. The smallest absolute Gasteiger partial charge is 0.361 e. The van der Waals surface area contributed by atoms with Crippen LogP contribution in [0.4, 0.5) is 13.2 Å². The molecule has 0 radical (unpaired) electrons. The molecule has 4 nitrogen and oxygen atoms in total. The minimum absolute atomic E-state index is 0.0356. The first-order chi connectivity index (χ1) is 13.9. The highest BCUT2D eigenvalue weighted by molar-refractivity contribution is 5.86. The van der Waals surface area contributed by atoms with Crippen LogP contribution in [0.5, 0.6) is 0 Å². The Morgan fingerprint density at radius 3 is 2.59 bits per heavy atom. The number of alkyl halides is 3. The van der Waals surface area contributed by atoms with Crippen molar-refractivity contribution in [3.8, 4) is 0 Å². The van der Waals surface area contributed by atoms with Crippen LogP contribution in [0.2, 0.25) is 0 Å². The number of hydrogen-bond donors (Lipinski definition) is 2. The SMILES string of the molecule is O=C1[C@H](Cc2c[nH]c3ccccc23)NCCN1CCc1ccc(C(F)(F)F)cc1. The molecule has 0 spiro atoms. The largest absolute Gasteiger partial charge is 0.416 e. The number of carbonyl (C=O) groups is 1. The van der Waals surface area contributed by atoms with Gasteiger partial charge in [-0.3, -0.25) is 4.79 Å². The fourth-order valence-electron chi connectivity index (χ4n) is 3.82. The van der Waals surface area contributed by atoms with Crippen molar-refractivity contribution in [1.82, 2.24) is 15.2 Å². The Labute approximate surface area is 166 Å². The van der Waals surface area contributed by atoms with Crippen molar-refractivity contribution in [2.75, 3.05) is 19.6 Å². The highest BCUT2D eigenvalue weighted by Crippen LogP contribution is 2.29. The van der Waals surface area contributed by atoms with Crippen LogP contribution < -0.4 is 5.32 Å². The molecule has 1 aromatic heterocycles. The van der Waals surface area contributed by atoms with E-state index in [1.165, 1.54) is 12.1 Å². The van der Waals surface area contributed by atoms with E-state index in [1.807, 2.05) is 30.5 Å². The van der Waals surface area contributed by atoms with E-state index >= 15 is 0 Å². The zero-order valence-corrected chi connectivity index (χ0v) is 15.8. The molecule has 1 fully saturated rings. The summed E-state index contributed by atoms with van der Waals surface area (Å²) in [5.41, 5.74) is 2.27. The summed E-state index contributed by atoms with van der Waals surface area (Å²) in [7, 11) is 0. The van der Waals surface area contributed by atoms with Crippen LogP contribution in [0.15, 0.2) is 54.7 Å². The molecule has 2 heterocycles. The second-order valence-corrected chi connectivity index (χ2v) is 7.34. The number of aromatic amines is 1. The lowest BCUT2D eigenvalue weighted by Crippen LogP contribution is -2.56. The van der Waals surface area contributed by atoms with Crippen LogP contribution in [-0.2, 0) is 23.8 Å². The van der Waals surface area contributed by atoms with Crippen molar-refractivity contribution < 1.29 is 18.0 Å². The third kappa shape index (κ3) is 4.29. The van der Waals surface area contributed by atoms with E-state index in [0.29, 0.717) is 32.5 Å². The molecule has 29 heavy (non-hydrogen) atoms. The molecule has 0 saturated carbocycles. The third-order valence-electron chi connectivity index (χ3n) is 5.43. The minimum atomic E-state index is -4.33. The number of nitrogens with one attached hydrogen (secondary N) is 2. The van der Waals surface area contributed by atoms with Gasteiger partial charge in [0.15, 0.2) is 0 Å². The van der Waals surface area contributed by atoms with Crippen molar-refractivity contribution >= 4 is 16.8 Å². The van der Waals surface area contributed by atoms with Crippen molar-refractivity contribution in [3.05, 3.63) is 71.4 Å². The number of H-pyrrole nitrogens is 1. The number of amides is 1. The summed E-state index contributed by atoms with van der Waals surface area (Å²) in [5, 5.41) is 4.41. The maximum absolute atomic E-state index is 12.9. The molecule has 4 rings (SSSR count). The van der Waals surface area contributed by atoms with Crippen molar-refractivity contribution in [2.24, 2.45) is 0 Å². The van der Waals surface area contributed by atoms with Gasteiger partial charge in [-0.15, -0.1) is 0 Å². The van der Waals surface area contributed by atoms with Crippen LogP contribution in [-0.4, -0.2) is 41.5 Å². The lowest BCUT2D eigenvalue weighted by molar-refractivity contribution is -0.137. The molecular weight excluding hydrogens is 379 g/mol. The summed E-state index contributed by atoms with van der Waals surface area (Å²) < 4.78 is 38.0. The average molecular weight is 401 g/mol. The normalized spacial score (nSPS) is 17.8. The second-order valence-electron chi connectivity index (χ2n) is 7.34. The van der Waals surface area contributed by atoms with Gasteiger partial charge in [-0.1, -0.05) is 30.3 Å². The molecule has 1 amide bonds. The Kier molecular flexibility index (Phi) is 5.32. The summed E-state index contributed by atoms with van der Waals surface area (Å²) in [5.74, 6) is 0.0356. The van der Waals surface area contributed by atoms with E-state index in [-0.39, 0.29) is 11.9 Å². The van der Waals surface area contributed by atoms with Crippen LogP contribution in [0.25, 0.3) is 10.9 Å². The second kappa shape index (κ2) is 7.91. The molecule has 7 heteroatoms. The molecule has 2 N–H and O–H groups in total. The van der Waals surface area contributed by atoms with Crippen LogP contribution >= 0.6 is 0 Å². The molecule has 1 saturated heterocycles. The van der Waals surface area contributed by atoms with Gasteiger partial charge in [0.05, 0.1) is 11.6 Å². The van der Waals surface area contributed by atoms with Gasteiger partial charge in [-0.25, -0.2) is 0 Å². The summed E-state index contributed by atoms with van der Waals surface area (Å²) in [6.07, 6.45) is -1.26. The van der Waals surface area contributed by atoms with E-state index in [4.69, 9.17) is 0 Å². The van der Waals surface area contributed by atoms with E-state index in [0.717, 1.165) is 34.2 Å². The maximum atomic E-state index is 12.9. The third-order valence-corrected chi connectivity index (χ3v) is 5.43. The van der Waals surface area contributed by atoms with Gasteiger partial charge >= 0.3 is 6.18 Å². The van der Waals surface area contributed by atoms with Gasteiger partial charge in [0.2, 0.25) is 5.91 Å². The highest BCUT2D eigenvalue weighted by Gasteiger charge is 2.30. The van der Waals surface area contributed by atoms with Gasteiger partial charge in [0.25, 0.3) is 0 Å². The number of halogens is 3. The first-order valence-corrected chi connectivity index (χ1v) is 9.65. The van der Waals surface area contributed by atoms with Crippen LogP contribution in [0.3, 0.4) is 0 Å². The fourth-order valence-corrected chi connectivity index (χ4v) is 3.82. The molecule has 3 aromatic rings. The van der Waals surface area contributed by atoms with Crippen LogP contribution in [0.1, 0.15) is 16.7 Å². The molecule has 0 aliphatic carbocycles. The Bertz CT molecular complexity index is 994. The molecule has 2 aromatic carbocycles. The van der Waals surface area contributed by atoms with Crippen molar-refractivity contribution in [3.63, 3.8) is 0 Å². The van der Waals surface area contributed by atoms with Gasteiger partial charge in [0, 0.05) is 36.7 Å². The van der Waals surface area contributed by atoms with Gasteiger partial charge in [-0.2, -0.15) is 13.2 Å². The first kappa shape index (κ1) is 19.5. The van der Waals surface area contributed by atoms with E-state index in [1.54, 1.807) is 4.90 Å². The number of piperazine rings is 1. The number of fused-ring (bicyclic) bond motifs is 1. The molecule has 1 aliphatic rings. The zero-order chi connectivity index (χ0) is 20.4. The number of nitrogens with zero attached hydrogens (tertiary/aromatic N) is 1. The standard InChI is InChI=1S/C22H22F3N3O/c23-22(24,25)17-7-5-15(6-8-17)9-11-28-12-10-26-20(21(28)29)13-16-14-27-19-4-2-1-3-18(16)19/h1-8,14,20,26-27H,9-13H2/t20-/m0/s1. The predicted molar refractivity (Wildman–Crippen MR) is 106 cm³/mol. The molecule has 1 atom stereocenters. The number of hydrogen-bond acceptors (Lipinski definition) is 2. The van der Waals surface area contributed by atoms with Gasteiger partial charge in [-0.05, 0) is 42.2 Å². The van der Waals surface area contributed by atoms with Crippen LogP contribution in [0, 0.1) is 0 Å². The molecular formula is C22H22F3N3O. The molecule has 0 unspecified atom stereocenters. The summed E-state index contributed by atoms with van der Waals surface area (Å²) >= 11 is 0. The first-order valence-electron chi connectivity index (χ1n) is 9.65. The van der Waals surface area contributed by atoms with E-state index in [9.17, 15) is 18.0 Å². The van der Waals surface area contributed by atoms with Gasteiger partial charge < -0.3 is 15.2 Å². The lowest BCUT2D eigenvalue weighted by atomic mass is 10.0.